The average Bonchev–Trinajstić information content (AvgIpc) is 3.22. The van der Waals surface area contributed by atoms with Crippen LogP contribution < -0.4 is 4.74 Å². The molecule has 1 saturated carbocycles. The zero-order valence-electron chi connectivity index (χ0n) is 14.2. The number of carbonyl (C=O) groups is 1. The van der Waals surface area contributed by atoms with E-state index in [1.807, 2.05) is 41.0 Å². The minimum atomic E-state index is -0.0496. The van der Waals surface area contributed by atoms with Crippen LogP contribution in [-0.4, -0.2) is 37.4 Å². The highest BCUT2D eigenvalue weighted by Crippen LogP contribution is 2.43. The highest BCUT2D eigenvalue weighted by Gasteiger charge is 2.39. The Labute approximate surface area is 149 Å². The lowest BCUT2D eigenvalue weighted by Gasteiger charge is -2.35. The van der Waals surface area contributed by atoms with E-state index in [2.05, 4.69) is 19.9 Å². The molecule has 7 nitrogen and oxygen atoms in total. The van der Waals surface area contributed by atoms with Crippen molar-refractivity contribution in [3.05, 3.63) is 48.4 Å². The van der Waals surface area contributed by atoms with E-state index in [1.54, 1.807) is 13.3 Å². The van der Waals surface area contributed by atoms with Crippen molar-refractivity contribution in [3.63, 3.8) is 0 Å². The Morgan fingerprint density at radius 2 is 1.96 bits per heavy atom. The second-order valence-corrected chi connectivity index (χ2v) is 6.60. The van der Waals surface area contributed by atoms with Gasteiger partial charge in [-0.15, -0.1) is 0 Å². The van der Waals surface area contributed by atoms with Crippen LogP contribution in [0.2, 0.25) is 0 Å². The molecule has 0 spiro atoms. The first-order valence-corrected chi connectivity index (χ1v) is 8.60. The van der Waals surface area contributed by atoms with Crippen LogP contribution in [0.25, 0.3) is 22.2 Å². The van der Waals surface area contributed by atoms with Crippen LogP contribution in [0.15, 0.2) is 42.6 Å². The Hall–Kier alpha value is -3.22. The first-order chi connectivity index (χ1) is 12.7. The molecule has 0 aliphatic heterocycles. The quantitative estimate of drug-likeness (QED) is 0.573. The number of benzene rings is 1. The molecule has 1 fully saturated rings. The van der Waals surface area contributed by atoms with Crippen LogP contribution >= 0.6 is 0 Å². The van der Waals surface area contributed by atoms with E-state index in [1.165, 1.54) is 0 Å². The van der Waals surface area contributed by atoms with Crippen molar-refractivity contribution in [1.82, 2.24) is 24.5 Å². The van der Waals surface area contributed by atoms with Crippen LogP contribution in [-0.2, 0) is 0 Å². The molecule has 5 rings (SSSR count). The predicted molar refractivity (Wildman–Crippen MR) is 96.3 cm³/mol. The normalized spacial score (nSPS) is 19.6. The molecule has 0 saturated heterocycles. The zero-order valence-corrected chi connectivity index (χ0v) is 14.2. The van der Waals surface area contributed by atoms with Gasteiger partial charge in [0.25, 0.3) is 6.01 Å². The second kappa shape index (κ2) is 5.66. The van der Waals surface area contributed by atoms with E-state index < -0.39 is 0 Å². The third-order valence-electron chi connectivity index (χ3n) is 5.07. The summed E-state index contributed by atoms with van der Waals surface area (Å²) >= 11 is 0. The molecule has 0 amide bonds. The number of hydrogen-bond acceptors (Lipinski definition) is 5. The minimum Gasteiger partial charge on any atom is -0.468 e. The van der Waals surface area contributed by atoms with Crippen molar-refractivity contribution in [2.45, 2.75) is 18.9 Å². The average molecular weight is 347 g/mol. The number of hydrogen-bond donors (Lipinski definition) is 1. The van der Waals surface area contributed by atoms with Crippen molar-refractivity contribution >= 4 is 28.0 Å². The fourth-order valence-corrected chi connectivity index (χ4v) is 3.66. The third kappa shape index (κ3) is 2.20. The number of ether oxygens (including phenoxy) is 1. The van der Waals surface area contributed by atoms with E-state index in [9.17, 15) is 4.79 Å². The Morgan fingerprint density at radius 3 is 2.77 bits per heavy atom. The van der Waals surface area contributed by atoms with Crippen molar-refractivity contribution < 1.29 is 9.53 Å². The van der Waals surface area contributed by atoms with Gasteiger partial charge >= 0.3 is 0 Å². The van der Waals surface area contributed by atoms with E-state index >= 15 is 0 Å². The highest BCUT2D eigenvalue weighted by atomic mass is 16.5. The monoisotopic (exact) mass is 347 g/mol. The molecule has 3 aromatic heterocycles. The van der Waals surface area contributed by atoms with Crippen LogP contribution in [0, 0.1) is 5.92 Å². The van der Waals surface area contributed by atoms with Gasteiger partial charge in [-0.1, -0.05) is 12.1 Å². The molecular weight excluding hydrogens is 330 g/mol. The first-order valence-electron chi connectivity index (χ1n) is 8.60. The number of H-pyrrole nitrogens is 1. The van der Waals surface area contributed by atoms with E-state index in [0.29, 0.717) is 11.8 Å². The van der Waals surface area contributed by atoms with Gasteiger partial charge in [0.1, 0.15) is 5.52 Å². The number of aromatic amines is 1. The molecule has 0 bridgehead atoms. The van der Waals surface area contributed by atoms with Gasteiger partial charge in [-0.2, -0.15) is 4.98 Å². The fraction of sp³-hybridized carbons (Fsp3) is 0.263. The van der Waals surface area contributed by atoms with Crippen LogP contribution in [0.3, 0.4) is 0 Å². The zero-order chi connectivity index (χ0) is 17.7. The summed E-state index contributed by atoms with van der Waals surface area (Å²) in [6, 6.07) is 12.1. The number of methoxy groups -OCH3 is 1. The van der Waals surface area contributed by atoms with Gasteiger partial charge in [-0.05, 0) is 37.1 Å². The molecule has 0 radical (unpaired) electrons. The van der Waals surface area contributed by atoms with Gasteiger partial charge in [0.05, 0.1) is 18.1 Å². The third-order valence-corrected chi connectivity index (χ3v) is 5.07. The number of nitrogens with one attached hydrogen (secondary N) is 1. The lowest BCUT2D eigenvalue weighted by molar-refractivity contribution is 0.0769. The lowest BCUT2D eigenvalue weighted by Crippen LogP contribution is -2.33. The maximum atomic E-state index is 12.8. The summed E-state index contributed by atoms with van der Waals surface area (Å²) in [6.45, 7) is 0. The summed E-state index contributed by atoms with van der Waals surface area (Å²) in [5, 5.41) is 0. The lowest BCUT2D eigenvalue weighted by atomic mass is 9.77. The summed E-state index contributed by atoms with van der Waals surface area (Å²) < 4.78 is 7.41. The minimum absolute atomic E-state index is 0.0496. The molecule has 0 unspecified atom stereocenters. The summed E-state index contributed by atoms with van der Waals surface area (Å²) in [5.74, 6) is 0.454. The van der Waals surface area contributed by atoms with Gasteiger partial charge in [-0.3, -0.25) is 9.36 Å². The first kappa shape index (κ1) is 15.1. The second-order valence-electron chi connectivity index (χ2n) is 6.60. The van der Waals surface area contributed by atoms with Gasteiger partial charge in [-0.25, -0.2) is 9.97 Å². The van der Waals surface area contributed by atoms with Crippen LogP contribution in [0.5, 0.6) is 6.01 Å². The number of carbonyl (C=O) groups excluding carboxylic acids is 1. The number of para-hydroxylation sites is 2. The summed E-state index contributed by atoms with van der Waals surface area (Å²) in [5.41, 5.74) is 3.30. The number of rotatable bonds is 4. The molecule has 1 aromatic carbocycles. The molecule has 130 valence electrons. The van der Waals surface area contributed by atoms with Gasteiger partial charge < -0.3 is 9.72 Å². The Kier molecular flexibility index (Phi) is 3.28. The molecule has 0 atom stereocenters. The van der Waals surface area contributed by atoms with Crippen LogP contribution in [0.1, 0.15) is 29.5 Å². The molecule has 1 N–H and O–H groups in total. The van der Waals surface area contributed by atoms with E-state index in [-0.39, 0.29) is 17.7 Å². The molecule has 1 aliphatic carbocycles. The van der Waals surface area contributed by atoms with Gasteiger partial charge in [0.15, 0.2) is 11.5 Å². The van der Waals surface area contributed by atoms with Crippen LogP contribution in [0.4, 0.5) is 0 Å². The number of ketones is 1. The standard InChI is InChI=1S/C19H17N5O2/c1-26-19-23-15-7-4-8-20-18(15)24(19)12-9-11(10-12)16(25)17-21-13-5-2-3-6-14(13)22-17/h2-8,11-12H,9-10H2,1H3,(H,21,22). The summed E-state index contributed by atoms with van der Waals surface area (Å²) in [6.07, 6.45) is 3.21. The van der Waals surface area contributed by atoms with Crippen molar-refractivity contribution in [2.24, 2.45) is 5.92 Å². The Bertz CT molecular complexity index is 1090. The maximum Gasteiger partial charge on any atom is 0.298 e. The highest BCUT2D eigenvalue weighted by molar-refractivity contribution is 5.98. The molecule has 3 heterocycles. The largest absolute Gasteiger partial charge is 0.468 e. The number of aromatic nitrogens is 5. The van der Waals surface area contributed by atoms with Gasteiger partial charge in [0.2, 0.25) is 5.78 Å². The summed E-state index contributed by atoms with van der Waals surface area (Å²) in [7, 11) is 1.60. The van der Waals surface area contributed by atoms with E-state index in [4.69, 9.17) is 4.74 Å². The summed E-state index contributed by atoms with van der Waals surface area (Å²) in [4.78, 5) is 29.2. The molecule has 4 aromatic rings. The number of nitrogens with zero attached hydrogens (tertiary/aromatic N) is 4. The van der Waals surface area contributed by atoms with Crippen molar-refractivity contribution in [2.75, 3.05) is 7.11 Å². The Morgan fingerprint density at radius 1 is 1.15 bits per heavy atom. The Balaban J connectivity index is 1.40. The number of fused-ring (bicyclic) bond motifs is 2. The van der Waals surface area contributed by atoms with E-state index in [0.717, 1.165) is 35.0 Å². The van der Waals surface area contributed by atoms with Gasteiger partial charge in [0, 0.05) is 18.2 Å². The van der Waals surface area contributed by atoms with Crippen molar-refractivity contribution in [1.29, 1.82) is 0 Å². The smallest absolute Gasteiger partial charge is 0.298 e. The maximum absolute atomic E-state index is 12.8. The molecule has 26 heavy (non-hydrogen) atoms. The molecule has 1 aliphatic rings. The fourth-order valence-electron chi connectivity index (χ4n) is 3.66. The van der Waals surface area contributed by atoms with Crippen molar-refractivity contribution in [3.8, 4) is 6.01 Å². The number of Topliss-reactive ketones (excluding diaryl/α,β-unsaturated/α-hetero) is 1. The topological polar surface area (TPSA) is 85.7 Å². The predicted octanol–water partition coefficient (Wildman–Crippen LogP) is 3.15. The number of pyridine rings is 1. The SMILES string of the molecule is COc1nc2cccnc2n1C1CC(C(=O)c2nc3ccccc3[nH]2)C1. The molecular formula is C19H17N5O2. The molecule has 7 heteroatoms. The number of imidazole rings is 2.